The van der Waals surface area contributed by atoms with Crippen LogP contribution in [-0.4, -0.2) is 0 Å². The number of hydrogen-bond acceptors (Lipinski definition) is 3. The quantitative estimate of drug-likeness (QED) is 0.516. The maximum absolute atomic E-state index is 13.0. The van der Waals surface area contributed by atoms with Gasteiger partial charge in [0.2, 0.25) is 0 Å². The second kappa shape index (κ2) is 7.39. The smallest absolute Gasteiger partial charge is 0.165 e. The molecule has 0 unspecified atom stereocenters. The summed E-state index contributed by atoms with van der Waals surface area (Å²) >= 11 is 7.33. The van der Waals surface area contributed by atoms with Crippen molar-refractivity contribution in [2.75, 3.05) is 0 Å². The van der Waals surface area contributed by atoms with Crippen molar-refractivity contribution < 1.29 is 8.81 Å². The van der Waals surface area contributed by atoms with Crippen molar-refractivity contribution in [3.63, 3.8) is 0 Å². The van der Waals surface area contributed by atoms with Crippen molar-refractivity contribution in [3.8, 4) is 6.07 Å². The summed E-state index contributed by atoms with van der Waals surface area (Å²) in [4.78, 5) is 1.00. The van der Waals surface area contributed by atoms with Crippen LogP contribution >= 0.6 is 23.4 Å². The molecule has 0 saturated heterocycles. The molecule has 0 spiro atoms. The van der Waals surface area contributed by atoms with Gasteiger partial charge in [0.05, 0.1) is 11.6 Å². The van der Waals surface area contributed by atoms with Crippen LogP contribution in [0.3, 0.4) is 0 Å². The van der Waals surface area contributed by atoms with Crippen LogP contribution in [-0.2, 0) is 0 Å². The zero-order valence-corrected chi connectivity index (χ0v) is 13.9. The van der Waals surface area contributed by atoms with E-state index in [1.165, 1.54) is 23.9 Å². The number of furan rings is 1. The lowest BCUT2D eigenvalue weighted by Gasteiger charge is -1.99. The summed E-state index contributed by atoms with van der Waals surface area (Å²) in [7, 11) is 0. The molecule has 0 atom stereocenters. The second-order valence-electron chi connectivity index (χ2n) is 4.89. The Hall–Kier alpha value is -2.48. The summed E-state index contributed by atoms with van der Waals surface area (Å²) in [5, 5.41) is 10.7. The highest BCUT2D eigenvalue weighted by Crippen LogP contribution is 2.31. The standard InChI is InChI=1S/C19H11ClFNOS/c20-15-3-8-18(9-4-15)24-19-10-7-17(23-19)11-14(12-22)13-1-5-16(21)6-2-13/h1-11H/b14-11+. The van der Waals surface area contributed by atoms with Crippen LogP contribution in [0.5, 0.6) is 0 Å². The minimum Gasteiger partial charge on any atom is -0.450 e. The summed E-state index contributed by atoms with van der Waals surface area (Å²) in [6, 6.07) is 19.0. The summed E-state index contributed by atoms with van der Waals surface area (Å²) in [6.07, 6.45) is 1.64. The molecule has 3 rings (SSSR count). The fourth-order valence-corrected chi connectivity index (χ4v) is 2.94. The van der Waals surface area contributed by atoms with E-state index in [-0.39, 0.29) is 5.82 Å². The molecule has 0 aliphatic rings. The number of hydrogen-bond donors (Lipinski definition) is 0. The van der Waals surface area contributed by atoms with Gasteiger partial charge in [-0.1, -0.05) is 35.5 Å². The van der Waals surface area contributed by atoms with Gasteiger partial charge < -0.3 is 4.42 Å². The predicted molar refractivity (Wildman–Crippen MR) is 94.2 cm³/mol. The first-order valence-corrected chi connectivity index (χ1v) is 8.24. The molecule has 0 aliphatic carbocycles. The van der Waals surface area contributed by atoms with Crippen molar-refractivity contribution in [3.05, 3.63) is 82.8 Å². The molecular formula is C19H11ClFNOS. The van der Waals surface area contributed by atoms with E-state index < -0.39 is 0 Å². The molecule has 0 saturated carbocycles. The van der Waals surface area contributed by atoms with Crippen molar-refractivity contribution >= 4 is 35.0 Å². The van der Waals surface area contributed by atoms with Crippen molar-refractivity contribution in [2.45, 2.75) is 9.99 Å². The third-order valence-corrected chi connectivity index (χ3v) is 4.38. The lowest BCUT2D eigenvalue weighted by Crippen LogP contribution is -1.82. The van der Waals surface area contributed by atoms with E-state index in [9.17, 15) is 9.65 Å². The molecule has 118 valence electrons. The van der Waals surface area contributed by atoms with Crippen LogP contribution in [0.1, 0.15) is 11.3 Å². The molecule has 0 N–H and O–H groups in total. The van der Waals surface area contributed by atoms with Crippen LogP contribution in [0, 0.1) is 17.1 Å². The fourth-order valence-electron chi connectivity index (χ4n) is 2.04. The van der Waals surface area contributed by atoms with Crippen molar-refractivity contribution in [1.82, 2.24) is 0 Å². The number of rotatable bonds is 4. The molecule has 0 aliphatic heterocycles. The molecular weight excluding hydrogens is 345 g/mol. The zero-order valence-electron chi connectivity index (χ0n) is 12.4. The monoisotopic (exact) mass is 355 g/mol. The van der Waals surface area contributed by atoms with E-state index in [4.69, 9.17) is 16.0 Å². The molecule has 1 heterocycles. The predicted octanol–water partition coefficient (Wildman–Crippen LogP) is 6.29. The first-order valence-electron chi connectivity index (χ1n) is 7.05. The van der Waals surface area contributed by atoms with Gasteiger partial charge in [0.25, 0.3) is 0 Å². The summed E-state index contributed by atoms with van der Waals surface area (Å²) < 4.78 is 18.7. The number of benzene rings is 2. The Morgan fingerprint density at radius 1 is 1.04 bits per heavy atom. The number of allylic oxidation sites excluding steroid dienone is 1. The van der Waals surface area contributed by atoms with E-state index >= 15 is 0 Å². The van der Waals surface area contributed by atoms with Crippen molar-refractivity contribution in [1.29, 1.82) is 5.26 Å². The molecule has 1 aromatic heterocycles. The fraction of sp³-hybridized carbons (Fsp3) is 0. The van der Waals surface area contributed by atoms with E-state index in [1.54, 1.807) is 24.3 Å². The van der Waals surface area contributed by atoms with E-state index in [0.29, 0.717) is 27.0 Å². The third kappa shape index (κ3) is 4.08. The highest BCUT2D eigenvalue weighted by molar-refractivity contribution is 7.99. The van der Waals surface area contributed by atoms with Gasteiger partial charge in [-0.15, -0.1) is 0 Å². The van der Waals surface area contributed by atoms with Crippen LogP contribution in [0.25, 0.3) is 11.6 Å². The molecule has 0 bridgehead atoms. The lowest BCUT2D eigenvalue weighted by molar-refractivity contribution is 0.466. The Kier molecular flexibility index (Phi) is 5.05. The Bertz CT molecular complexity index is 908. The minimum atomic E-state index is -0.337. The van der Waals surface area contributed by atoms with Gasteiger partial charge in [0.1, 0.15) is 11.6 Å². The molecule has 0 fully saturated rings. The Morgan fingerprint density at radius 2 is 1.75 bits per heavy atom. The average Bonchev–Trinajstić information content (AvgIpc) is 3.03. The zero-order chi connectivity index (χ0) is 16.9. The summed E-state index contributed by atoms with van der Waals surface area (Å²) in [6.45, 7) is 0. The van der Waals surface area contributed by atoms with E-state index in [0.717, 1.165) is 4.90 Å². The van der Waals surface area contributed by atoms with Crippen molar-refractivity contribution in [2.24, 2.45) is 0 Å². The maximum Gasteiger partial charge on any atom is 0.165 e. The Morgan fingerprint density at radius 3 is 2.42 bits per heavy atom. The SMILES string of the molecule is N#C/C(=C\c1ccc(Sc2ccc(Cl)cc2)o1)c1ccc(F)cc1. The van der Waals surface area contributed by atoms with Gasteiger partial charge in [0.15, 0.2) is 5.09 Å². The topological polar surface area (TPSA) is 36.9 Å². The minimum absolute atomic E-state index is 0.337. The molecule has 2 aromatic carbocycles. The van der Waals surface area contributed by atoms with Gasteiger partial charge in [-0.2, -0.15) is 5.26 Å². The van der Waals surface area contributed by atoms with E-state index in [1.807, 2.05) is 30.3 Å². The highest BCUT2D eigenvalue weighted by Gasteiger charge is 2.06. The van der Waals surface area contributed by atoms with Crippen LogP contribution in [0.2, 0.25) is 5.02 Å². The lowest BCUT2D eigenvalue weighted by atomic mass is 10.1. The van der Waals surface area contributed by atoms with Gasteiger partial charge in [-0.25, -0.2) is 4.39 Å². The van der Waals surface area contributed by atoms with Gasteiger partial charge in [0, 0.05) is 9.92 Å². The van der Waals surface area contributed by atoms with Gasteiger partial charge in [-0.3, -0.25) is 0 Å². The summed E-state index contributed by atoms with van der Waals surface area (Å²) in [5.74, 6) is 0.225. The largest absolute Gasteiger partial charge is 0.450 e. The molecule has 3 aromatic rings. The first kappa shape index (κ1) is 16.4. The van der Waals surface area contributed by atoms with Crippen LogP contribution in [0.15, 0.2) is 75.1 Å². The number of halogens is 2. The number of nitrogens with zero attached hydrogens (tertiary/aromatic N) is 1. The Balaban J connectivity index is 1.80. The van der Waals surface area contributed by atoms with Crippen LogP contribution < -0.4 is 0 Å². The van der Waals surface area contributed by atoms with Crippen LogP contribution in [0.4, 0.5) is 4.39 Å². The highest BCUT2D eigenvalue weighted by atomic mass is 35.5. The number of nitriles is 1. The maximum atomic E-state index is 13.0. The summed E-state index contributed by atoms with van der Waals surface area (Å²) in [5.41, 5.74) is 1.05. The normalized spacial score (nSPS) is 11.3. The molecule has 0 amide bonds. The third-order valence-electron chi connectivity index (χ3n) is 3.20. The molecule has 24 heavy (non-hydrogen) atoms. The molecule has 0 radical (unpaired) electrons. The average molecular weight is 356 g/mol. The van der Waals surface area contributed by atoms with Gasteiger partial charge in [-0.05, 0) is 60.2 Å². The van der Waals surface area contributed by atoms with Gasteiger partial charge >= 0.3 is 0 Å². The van der Waals surface area contributed by atoms with E-state index in [2.05, 4.69) is 6.07 Å². The molecule has 2 nitrogen and oxygen atoms in total. The second-order valence-corrected chi connectivity index (χ2v) is 6.40. The Labute approximate surface area is 148 Å². The first-order chi connectivity index (χ1) is 11.6. The molecule has 5 heteroatoms.